The van der Waals surface area contributed by atoms with Crippen LogP contribution in [0.3, 0.4) is 0 Å². The second kappa shape index (κ2) is 11.0. The predicted octanol–water partition coefficient (Wildman–Crippen LogP) is 12.3. The first-order valence-corrected chi connectivity index (χ1v) is 18.9. The van der Waals surface area contributed by atoms with Crippen molar-refractivity contribution < 1.29 is 0 Å². The summed E-state index contributed by atoms with van der Waals surface area (Å²) in [5, 5.41) is 8.11. The zero-order valence-electron chi connectivity index (χ0n) is 30.3. The minimum absolute atomic E-state index is 0.126. The Morgan fingerprint density at radius 3 is 2.00 bits per heavy atom. The quantitative estimate of drug-likeness (QED) is 0.184. The maximum atomic E-state index is 5.55. The van der Waals surface area contributed by atoms with E-state index < -0.39 is 0 Å². The van der Waals surface area contributed by atoms with Gasteiger partial charge in [-0.3, -0.25) is 9.13 Å². The van der Waals surface area contributed by atoms with E-state index in [1.807, 2.05) is 18.3 Å². The standard InChI is InChI=1S/C50H33N5/c1-50(2)40-18-8-5-15-33(40)34-23-22-32(26-41(34)50)48-36-17-6-9-19-42(36)52-49(53-48)55-44-27-31-14-4-3-13-30(31)25-37(44)39-28-38-35-16-7-10-20-43(35)54(45(38)29-46(39)55)47-21-11-12-24-51-47/h3-29H,1-2H3. The number of nitrogens with zero attached hydrogens (tertiary/aromatic N) is 5. The van der Waals surface area contributed by atoms with Crippen LogP contribution in [0, 0.1) is 0 Å². The van der Waals surface area contributed by atoms with Gasteiger partial charge < -0.3 is 0 Å². The van der Waals surface area contributed by atoms with Crippen LogP contribution in [0.25, 0.3) is 99.4 Å². The molecule has 5 nitrogen and oxygen atoms in total. The van der Waals surface area contributed by atoms with Crippen molar-refractivity contribution in [3.05, 3.63) is 175 Å². The normalized spacial score (nSPS) is 13.4. The zero-order chi connectivity index (χ0) is 36.4. The first-order chi connectivity index (χ1) is 27.0. The van der Waals surface area contributed by atoms with Crippen LogP contribution in [0.15, 0.2) is 164 Å². The Balaban J connectivity index is 1.19. The molecule has 4 aromatic heterocycles. The minimum atomic E-state index is -0.126. The second-order valence-electron chi connectivity index (χ2n) is 15.3. The van der Waals surface area contributed by atoms with E-state index in [0.29, 0.717) is 5.95 Å². The SMILES string of the molecule is CC1(C)c2ccccc2-c2ccc(-c3nc(-n4c5cc6ccccc6cc5c5cc6c7ccccc7n(-c7ccccn7)c6cc54)nc4ccccc34)cc21. The molecule has 7 aromatic carbocycles. The van der Waals surface area contributed by atoms with Crippen LogP contribution in [0.1, 0.15) is 25.0 Å². The van der Waals surface area contributed by atoms with Gasteiger partial charge in [0, 0.05) is 44.1 Å². The number of fused-ring (bicyclic) bond motifs is 11. The molecule has 0 saturated heterocycles. The fraction of sp³-hybridized carbons (Fsp3) is 0.0600. The molecule has 0 unspecified atom stereocenters. The molecule has 4 heterocycles. The van der Waals surface area contributed by atoms with Crippen molar-refractivity contribution in [3.63, 3.8) is 0 Å². The Labute approximate surface area is 316 Å². The molecule has 0 bridgehead atoms. The van der Waals surface area contributed by atoms with E-state index in [-0.39, 0.29) is 5.41 Å². The highest BCUT2D eigenvalue weighted by molar-refractivity contribution is 6.20. The van der Waals surface area contributed by atoms with Gasteiger partial charge in [-0.15, -0.1) is 0 Å². The van der Waals surface area contributed by atoms with E-state index in [1.54, 1.807) is 0 Å². The predicted molar refractivity (Wildman–Crippen MR) is 227 cm³/mol. The lowest BCUT2D eigenvalue weighted by Gasteiger charge is -2.22. The Morgan fingerprint density at radius 2 is 1.13 bits per heavy atom. The average Bonchev–Trinajstić information content (AvgIpc) is 3.80. The number of hydrogen-bond acceptors (Lipinski definition) is 3. The third kappa shape index (κ3) is 4.21. The van der Waals surface area contributed by atoms with Crippen molar-refractivity contribution in [1.29, 1.82) is 0 Å². The summed E-state index contributed by atoms with van der Waals surface area (Å²) in [4.78, 5) is 15.7. The third-order valence-corrected chi connectivity index (χ3v) is 12.0. The van der Waals surface area contributed by atoms with Crippen LogP contribution in [-0.2, 0) is 5.41 Å². The lowest BCUT2D eigenvalue weighted by atomic mass is 9.82. The number of pyridine rings is 1. The molecule has 55 heavy (non-hydrogen) atoms. The Morgan fingerprint density at radius 1 is 0.455 bits per heavy atom. The highest BCUT2D eigenvalue weighted by Gasteiger charge is 2.35. The number of benzene rings is 7. The molecular formula is C50H33N5. The summed E-state index contributed by atoms with van der Waals surface area (Å²) in [7, 11) is 0. The molecule has 0 aliphatic heterocycles. The molecule has 0 saturated carbocycles. The molecule has 0 radical (unpaired) electrons. The average molecular weight is 704 g/mol. The highest BCUT2D eigenvalue weighted by atomic mass is 15.2. The summed E-state index contributed by atoms with van der Waals surface area (Å²) in [6, 6.07) is 56.7. The van der Waals surface area contributed by atoms with E-state index in [2.05, 4.69) is 169 Å². The van der Waals surface area contributed by atoms with Gasteiger partial charge in [0.1, 0.15) is 5.82 Å². The molecular weight excluding hydrogens is 671 g/mol. The third-order valence-electron chi connectivity index (χ3n) is 12.0. The van der Waals surface area contributed by atoms with Gasteiger partial charge >= 0.3 is 0 Å². The Kier molecular flexibility index (Phi) is 6.05. The first-order valence-electron chi connectivity index (χ1n) is 18.9. The molecule has 0 atom stereocenters. The molecule has 0 amide bonds. The zero-order valence-corrected chi connectivity index (χ0v) is 30.3. The summed E-state index contributed by atoms with van der Waals surface area (Å²) in [5.41, 5.74) is 12.4. The molecule has 12 rings (SSSR count). The molecule has 258 valence electrons. The second-order valence-corrected chi connectivity index (χ2v) is 15.3. The van der Waals surface area contributed by atoms with Crippen molar-refractivity contribution in [3.8, 4) is 34.2 Å². The lowest BCUT2D eigenvalue weighted by Crippen LogP contribution is -2.15. The molecule has 5 heteroatoms. The van der Waals surface area contributed by atoms with Gasteiger partial charge in [0.25, 0.3) is 0 Å². The number of aromatic nitrogens is 5. The summed E-state index contributed by atoms with van der Waals surface area (Å²) < 4.78 is 4.56. The smallest absolute Gasteiger partial charge is 0.235 e. The van der Waals surface area contributed by atoms with Crippen LogP contribution in [0.4, 0.5) is 0 Å². The number of rotatable bonds is 3. The van der Waals surface area contributed by atoms with E-state index in [4.69, 9.17) is 15.0 Å². The molecule has 11 aromatic rings. The van der Waals surface area contributed by atoms with E-state index in [9.17, 15) is 0 Å². The van der Waals surface area contributed by atoms with Gasteiger partial charge in [0.2, 0.25) is 5.95 Å². The molecule has 0 spiro atoms. The minimum Gasteiger partial charge on any atom is -0.294 e. The first kappa shape index (κ1) is 30.4. The van der Waals surface area contributed by atoms with Gasteiger partial charge in [-0.05, 0) is 87.6 Å². The fourth-order valence-corrected chi connectivity index (χ4v) is 9.35. The number of para-hydroxylation sites is 2. The Hall–Kier alpha value is -7.11. The summed E-state index contributed by atoms with van der Waals surface area (Å²) in [5.74, 6) is 1.53. The van der Waals surface area contributed by atoms with Crippen molar-refractivity contribution in [2.75, 3.05) is 0 Å². The van der Waals surface area contributed by atoms with Gasteiger partial charge in [-0.2, -0.15) is 0 Å². The summed E-state index contributed by atoms with van der Waals surface area (Å²) in [6.07, 6.45) is 1.86. The van der Waals surface area contributed by atoms with Crippen LogP contribution in [-0.4, -0.2) is 24.1 Å². The summed E-state index contributed by atoms with van der Waals surface area (Å²) >= 11 is 0. The van der Waals surface area contributed by atoms with Gasteiger partial charge in [-0.1, -0.05) is 117 Å². The van der Waals surface area contributed by atoms with E-state index in [0.717, 1.165) is 55.4 Å². The number of hydrogen-bond donors (Lipinski definition) is 0. The largest absolute Gasteiger partial charge is 0.294 e. The lowest BCUT2D eigenvalue weighted by molar-refractivity contribution is 0.660. The maximum Gasteiger partial charge on any atom is 0.235 e. The van der Waals surface area contributed by atoms with Crippen molar-refractivity contribution in [2.45, 2.75) is 19.3 Å². The topological polar surface area (TPSA) is 48.5 Å². The van der Waals surface area contributed by atoms with Crippen molar-refractivity contribution in [2.24, 2.45) is 0 Å². The molecule has 1 aliphatic carbocycles. The fourth-order valence-electron chi connectivity index (χ4n) is 9.35. The van der Waals surface area contributed by atoms with Crippen LogP contribution in [0.5, 0.6) is 0 Å². The highest BCUT2D eigenvalue weighted by Crippen LogP contribution is 2.50. The van der Waals surface area contributed by atoms with Crippen LogP contribution < -0.4 is 0 Å². The monoisotopic (exact) mass is 703 g/mol. The van der Waals surface area contributed by atoms with Gasteiger partial charge in [0.05, 0.1) is 33.3 Å². The van der Waals surface area contributed by atoms with Crippen LogP contribution in [0.2, 0.25) is 0 Å². The maximum absolute atomic E-state index is 5.55. The van der Waals surface area contributed by atoms with Crippen molar-refractivity contribution >= 4 is 65.3 Å². The van der Waals surface area contributed by atoms with Gasteiger partial charge in [0.15, 0.2) is 0 Å². The van der Waals surface area contributed by atoms with Crippen LogP contribution >= 0.6 is 0 Å². The van der Waals surface area contributed by atoms with E-state index >= 15 is 0 Å². The molecule has 0 fully saturated rings. The molecule has 1 aliphatic rings. The van der Waals surface area contributed by atoms with Gasteiger partial charge in [-0.25, -0.2) is 15.0 Å². The Bertz CT molecular complexity index is 3400. The van der Waals surface area contributed by atoms with Crippen molar-refractivity contribution in [1.82, 2.24) is 24.1 Å². The molecule has 0 N–H and O–H groups in total. The summed E-state index contributed by atoms with van der Waals surface area (Å²) in [6.45, 7) is 4.66. The van der Waals surface area contributed by atoms with E-state index in [1.165, 1.54) is 49.2 Å².